The number of nitrogens with one attached hydrogen (secondary N) is 2. The fourth-order valence-corrected chi connectivity index (χ4v) is 2.26. The molecule has 0 aliphatic rings. The molecule has 1 unspecified atom stereocenters. The molecule has 0 saturated heterocycles. The Kier molecular flexibility index (Phi) is 4.02. The van der Waals surface area contributed by atoms with E-state index in [1.807, 2.05) is 30.3 Å². The molecule has 0 aliphatic heterocycles. The predicted octanol–water partition coefficient (Wildman–Crippen LogP) is 2.23. The van der Waals surface area contributed by atoms with Gasteiger partial charge in [-0.2, -0.15) is 0 Å². The summed E-state index contributed by atoms with van der Waals surface area (Å²) < 4.78 is 1.35. The zero-order chi connectivity index (χ0) is 15.6. The zero-order valence-corrected chi connectivity index (χ0v) is 12.8. The van der Waals surface area contributed by atoms with Gasteiger partial charge in [-0.3, -0.25) is 4.79 Å². The summed E-state index contributed by atoms with van der Waals surface area (Å²) in [6.07, 6.45) is 1.50. The van der Waals surface area contributed by atoms with Crippen molar-refractivity contribution in [3.8, 4) is 0 Å². The van der Waals surface area contributed by atoms with Gasteiger partial charge in [-0.05, 0) is 11.0 Å². The molecule has 5 heteroatoms. The summed E-state index contributed by atoms with van der Waals surface area (Å²) in [5.74, 6) is -0.281. The van der Waals surface area contributed by atoms with E-state index in [1.54, 1.807) is 7.05 Å². The van der Waals surface area contributed by atoms with Crippen molar-refractivity contribution in [2.75, 3.05) is 0 Å². The number of carbonyl (C=O) groups is 1. The van der Waals surface area contributed by atoms with Crippen molar-refractivity contribution < 1.29 is 4.79 Å². The van der Waals surface area contributed by atoms with E-state index in [9.17, 15) is 9.59 Å². The number of amides is 1. The predicted molar refractivity (Wildman–Crippen MR) is 82.1 cm³/mol. The normalized spacial score (nSPS) is 13.0. The molecule has 0 aliphatic carbocycles. The van der Waals surface area contributed by atoms with Gasteiger partial charge in [0.25, 0.3) is 5.91 Å². The third-order valence-electron chi connectivity index (χ3n) is 3.40. The Hall–Kier alpha value is -2.30. The van der Waals surface area contributed by atoms with E-state index in [1.165, 1.54) is 10.8 Å². The quantitative estimate of drug-likeness (QED) is 0.909. The number of aromatic amines is 1. The minimum atomic E-state index is -0.299. The van der Waals surface area contributed by atoms with Gasteiger partial charge in [0.1, 0.15) is 5.69 Å². The second-order valence-electron chi connectivity index (χ2n) is 6.27. The van der Waals surface area contributed by atoms with Gasteiger partial charge in [0, 0.05) is 13.2 Å². The van der Waals surface area contributed by atoms with Crippen molar-refractivity contribution in [2.45, 2.75) is 26.8 Å². The highest BCUT2D eigenvalue weighted by Gasteiger charge is 2.28. The molecule has 21 heavy (non-hydrogen) atoms. The number of aryl methyl sites for hydroxylation is 1. The SMILES string of the molecule is Cn1cc(C(=O)NC(c2ccccc2)C(C)(C)C)[nH]c1=O. The Morgan fingerprint density at radius 1 is 1.24 bits per heavy atom. The average molecular weight is 287 g/mol. The van der Waals surface area contributed by atoms with Gasteiger partial charge in [-0.25, -0.2) is 4.79 Å². The van der Waals surface area contributed by atoms with Crippen LogP contribution in [-0.2, 0) is 7.05 Å². The minimum Gasteiger partial charge on any atom is -0.343 e. The van der Waals surface area contributed by atoms with E-state index >= 15 is 0 Å². The molecule has 0 spiro atoms. The van der Waals surface area contributed by atoms with Gasteiger partial charge in [-0.1, -0.05) is 51.1 Å². The summed E-state index contributed by atoms with van der Waals surface area (Å²) in [7, 11) is 1.61. The Bertz CT molecular complexity index is 678. The minimum absolute atomic E-state index is 0.144. The molecule has 0 saturated carbocycles. The van der Waals surface area contributed by atoms with Crippen LogP contribution in [0.15, 0.2) is 41.3 Å². The standard InChI is InChI=1S/C16H21N3O2/c1-16(2,3)13(11-8-6-5-7-9-11)18-14(20)12-10-19(4)15(21)17-12/h5-10,13H,1-4H3,(H,17,21)(H,18,20). The molecule has 112 valence electrons. The van der Waals surface area contributed by atoms with Gasteiger partial charge < -0.3 is 14.9 Å². The molecule has 1 aromatic carbocycles. The molecule has 2 aromatic rings. The van der Waals surface area contributed by atoms with Crippen LogP contribution in [0.1, 0.15) is 42.9 Å². The Balaban J connectivity index is 2.28. The lowest BCUT2D eigenvalue weighted by atomic mass is 9.82. The molecule has 5 nitrogen and oxygen atoms in total. The van der Waals surface area contributed by atoms with Crippen LogP contribution in [-0.4, -0.2) is 15.5 Å². The number of nitrogens with zero attached hydrogens (tertiary/aromatic N) is 1. The van der Waals surface area contributed by atoms with Crippen LogP contribution in [0.5, 0.6) is 0 Å². The Morgan fingerprint density at radius 3 is 2.33 bits per heavy atom. The molecule has 2 N–H and O–H groups in total. The van der Waals surface area contributed by atoms with Crippen LogP contribution in [0.4, 0.5) is 0 Å². The molecule has 2 rings (SSSR count). The smallest absolute Gasteiger partial charge is 0.325 e. The number of rotatable bonds is 3. The topological polar surface area (TPSA) is 66.9 Å². The Morgan fingerprint density at radius 2 is 1.86 bits per heavy atom. The highest BCUT2D eigenvalue weighted by Crippen LogP contribution is 2.32. The number of aromatic nitrogens is 2. The number of benzene rings is 1. The van der Waals surface area contributed by atoms with Gasteiger partial charge in [-0.15, -0.1) is 0 Å². The summed E-state index contributed by atoms with van der Waals surface area (Å²) in [6, 6.07) is 9.68. The van der Waals surface area contributed by atoms with Gasteiger partial charge in [0.05, 0.1) is 6.04 Å². The van der Waals surface area contributed by atoms with Crippen molar-refractivity contribution in [3.05, 3.63) is 58.3 Å². The Labute approximate surface area is 124 Å². The van der Waals surface area contributed by atoms with Crippen LogP contribution in [0.25, 0.3) is 0 Å². The van der Waals surface area contributed by atoms with E-state index in [2.05, 4.69) is 31.1 Å². The van der Waals surface area contributed by atoms with Gasteiger partial charge >= 0.3 is 5.69 Å². The fourth-order valence-electron chi connectivity index (χ4n) is 2.26. The van der Waals surface area contributed by atoms with Crippen LogP contribution >= 0.6 is 0 Å². The first kappa shape index (κ1) is 15.1. The number of H-pyrrole nitrogens is 1. The second-order valence-corrected chi connectivity index (χ2v) is 6.27. The highest BCUT2D eigenvalue weighted by molar-refractivity contribution is 5.92. The number of hydrogen-bond donors (Lipinski definition) is 2. The summed E-state index contributed by atoms with van der Waals surface area (Å²) in [4.78, 5) is 26.3. The monoisotopic (exact) mass is 287 g/mol. The molecule has 1 amide bonds. The first-order chi connectivity index (χ1) is 9.79. The van der Waals surface area contributed by atoms with Crippen LogP contribution < -0.4 is 11.0 Å². The molecule has 1 heterocycles. The summed E-state index contributed by atoms with van der Waals surface area (Å²) >= 11 is 0. The first-order valence-corrected chi connectivity index (χ1v) is 6.90. The second kappa shape index (κ2) is 5.60. The molecule has 0 bridgehead atoms. The third-order valence-corrected chi connectivity index (χ3v) is 3.40. The number of imidazole rings is 1. The lowest BCUT2D eigenvalue weighted by molar-refractivity contribution is 0.0897. The van der Waals surface area contributed by atoms with Gasteiger partial charge in [0.15, 0.2) is 0 Å². The summed E-state index contributed by atoms with van der Waals surface area (Å²) in [5.41, 5.74) is 0.864. The lowest BCUT2D eigenvalue weighted by Crippen LogP contribution is -2.36. The maximum Gasteiger partial charge on any atom is 0.325 e. The molecule has 1 atom stereocenters. The largest absolute Gasteiger partial charge is 0.343 e. The van der Waals surface area contributed by atoms with Crippen molar-refractivity contribution in [3.63, 3.8) is 0 Å². The summed E-state index contributed by atoms with van der Waals surface area (Å²) in [5, 5.41) is 3.01. The van der Waals surface area contributed by atoms with Gasteiger partial charge in [0.2, 0.25) is 0 Å². The van der Waals surface area contributed by atoms with Crippen LogP contribution in [0.2, 0.25) is 0 Å². The lowest BCUT2D eigenvalue weighted by Gasteiger charge is -2.31. The van der Waals surface area contributed by atoms with E-state index in [4.69, 9.17) is 0 Å². The maximum absolute atomic E-state index is 12.3. The van der Waals surface area contributed by atoms with E-state index in [0.29, 0.717) is 0 Å². The first-order valence-electron chi connectivity index (χ1n) is 6.90. The molecular formula is C16H21N3O2. The van der Waals surface area contributed by atoms with Crippen molar-refractivity contribution in [1.82, 2.24) is 14.9 Å². The molecular weight excluding hydrogens is 266 g/mol. The van der Waals surface area contributed by atoms with Crippen LogP contribution in [0.3, 0.4) is 0 Å². The zero-order valence-electron chi connectivity index (χ0n) is 12.8. The highest BCUT2D eigenvalue weighted by atomic mass is 16.2. The average Bonchev–Trinajstić information content (AvgIpc) is 2.75. The maximum atomic E-state index is 12.3. The van der Waals surface area contributed by atoms with Crippen LogP contribution in [0, 0.1) is 5.41 Å². The van der Waals surface area contributed by atoms with E-state index in [-0.39, 0.29) is 28.7 Å². The third kappa shape index (κ3) is 3.42. The number of hydrogen-bond acceptors (Lipinski definition) is 2. The van der Waals surface area contributed by atoms with E-state index < -0.39 is 0 Å². The fraction of sp³-hybridized carbons (Fsp3) is 0.375. The van der Waals surface area contributed by atoms with E-state index in [0.717, 1.165) is 5.56 Å². The summed E-state index contributed by atoms with van der Waals surface area (Å²) in [6.45, 7) is 6.20. The molecule has 0 radical (unpaired) electrons. The molecule has 0 fully saturated rings. The molecule has 1 aromatic heterocycles. The number of carbonyl (C=O) groups excluding carboxylic acids is 1. The van der Waals surface area contributed by atoms with Crippen molar-refractivity contribution in [2.24, 2.45) is 12.5 Å². The van der Waals surface area contributed by atoms with Crippen molar-refractivity contribution in [1.29, 1.82) is 0 Å². The van der Waals surface area contributed by atoms with Crippen molar-refractivity contribution >= 4 is 5.91 Å².